The van der Waals surface area contributed by atoms with Crippen molar-refractivity contribution in [2.45, 2.75) is 24.6 Å². The summed E-state index contributed by atoms with van der Waals surface area (Å²) in [4.78, 5) is 4.28. The molecule has 3 heteroatoms. The highest BCUT2D eigenvalue weighted by Gasteiger charge is 2.16. The minimum absolute atomic E-state index is 0.0878. The molecule has 0 aliphatic carbocycles. The van der Waals surface area contributed by atoms with E-state index in [0.717, 1.165) is 12.1 Å². The number of alkyl halides is 1. The lowest BCUT2D eigenvalue weighted by Crippen LogP contribution is -2.13. The van der Waals surface area contributed by atoms with Crippen LogP contribution in [-0.2, 0) is 4.74 Å². The Morgan fingerprint density at radius 3 is 2.86 bits per heavy atom. The minimum Gasteiger partial charge on any atom is -0.385 e. The molecular formula is C11H16ClNO. The first-order valence-corrected chi connectivity index (χ1v) is 5.23. The highest BCUT2D eigenvalue weighted by Crippen LogP contribution is 2.23. The number of halogens is 1. The summed E-state index contributed by atoms with van der Waals surface area (Å²) in [6.45, 7) is 2.79. The van der Waals surface area contributed by atoms with E-state index in [1.165, 1.54) is 0 Å². The lowest BCUT2D eigenvalue weighted by Gasteiger charge is -2.16. The van der Waals surface area contributed by atoms with Crippen molar-refractivity contribution in [3.05, 3.63) is 30.1 Å². The van der Waals surface area contributed by atoms with Crippen molar-refractivity contribution in [3.8, 4) is 0 Å². The molecule has 1 aromatic rings. The third-order valence-corrected chi connectivity index (χ3v) is 2.89. The summed E-state index contributed by atoms with van der Waals surface area (Å²) in [6.07, 6.45) is 2.65. The van der Waals surface area contributed by atoms with Crippen LogP contribution in [0.15, 0.2) is 24.4 Å². The van der Waals surface area contributed by atoms with Crippen LogP contribution in [0.3, 0.4) is 0 Å². The molecule has 2 atom stereocenters. The molecule has 1 rings (SSSR count). The van der Waals surface area contributed by atoms with Gasteiger partial charge in [0.2, 0.25) is 0 Å². The van der Waals surface area contributed by atoms with Crippen LogP contribution in [0, 0.1) is 0 Å². The Morgan fingerprint density at radius 1 is 1.50 bits per heavy atom. The van der Waals surface area contributed by atoms with Crippen molar-refractivity contribution in [1.29, 1.82) is 0 Å². The van der Waals surface area contributed by atoms with E-state index in [1.807, 2.05) is 18.2 Å². The molecule has 0 radical (unpaired) electrons. The highest BCUT2D eigenvalue weighted by atomic mass is 35.5. The van der Waals surface area contributed by atoms with Gasteiger partial charge in [0.05, 0.1) is 0 Å². The van der Waals surface area contributed by atoms with Gasteiger partial charge in [-0.15, -0.1) is 11.6 Å². The molecule has 0 N–H and O–H groups in total. The summed E-state index contributed by atoms with van der Waals surface area (Å²) in [5.41, 5.74) is 1.05. The molecule has 0 fully saturated rings. The van der Waals surface area contributed by atoms with Crippen LogP contribution in [0.25, 0.3) is 0 Å². The van der Waals surface area contributed by atoms with Gasteiger partial charge in [0.25, 0.3) is 0 Å². The number of hydrogen-bond acceptors (Lipinski definition) is 2. The predicted molar refractivity (Wildman–Crippen MR) is 58.8 cm³/mol. The van der Waals surface area contributed by atoms with Gasteiger partial charge in [0, 0.05) is 36.9 Å². The zero-order valence-electron chi connectivity index (χ0n) is 8.61. The Morgan fingerprint density at radius 2 is 2.29 bits per heavy atom. The van der Waals surface area contributed by atoms with Crippen LogP contribution in [-0.4, -0.2) is 24.1 Å². The second-order valence-electron chi connectivity index (χ2n) is 3.34. The van der Waals surface area contributed by atoms with E-state index < -0.39 is 0 Å². The topological polar surface area (TPSA) is 22.1 Å². The van der Waals surface area contributed by atoms with Crippen LogP contribution in [0.5, 0.6) is 0 Å². The Hall–Kier alpha value is -0.600. The maximum absolute atomic E-state index is 6.22. The van der Waals surface area contributed by atoms with Gasteiger partial charge in [0.1, 0.15) is 0 Å². The standard InChI is InChI=1S/C11H16ClNO/c1-9(10(12)6-8-14-2)11-5-3-4-7-13-11/h3-5,7,9-10H,6,8H2,1-2H3. The maximum atomic E-state index is 6.22. The minimum atomic E-state index is 0.0878. The molecule has 0 saturated carbocycles. The molecule has 0 spiro atoms. The van der Waals surface area contributed by atoms with Gasteiger partial charge in [-0.05, 0) is 18.6 Å². The van der Waals surface area contributed by atoms with Gasteiger partial charge in [-0.2, -0.15) is 0 Å². The van der Waals surface area contributed by atoms with Crippen molar-refractivity contribution >= 4 is 11.6 Å². The van der Waals surface area contributed by atoms with E-state index >= 15 is 0 Å². The third kappa shape index (κ3) is 3.28. The average molecular weight is 214 g/mol. The van der Waals surface area contributed by atoms with E-state index in [9.17, 15) is 0 Å². The highest BCUT2D eigenvalue weighted by molar-refractivity contribution is 6.21. The summed E-state index contributed by atoms with van der Waals surface area (Å²) in [5, 5.41) is 0.0878. The first kappa shape index (κ1) is 11.5. The fourth-order valence-corrected chi connectivity index (χ4v) is 1.53. The quantitative estimate of drug-likeness (QED) is 0.702. The van der Waals surface area contributed by atoms with Crippen LogP contribution in [0.1, 0.15) is 25.0 Å². The number of ether oxygens (including phenoxy) is 1. The van der Waals surface area contributed by atoms with Gasteiger partial charge in [0.15, 0.2) is 0 Å². The SMILES string of the molecule is COCCC(Cl)C(C)c1ccccn1. The molecule has 78 valence electrons. The molecule has 0 aliphatic rings. The number of hydrogen-bond donors (Lipinski definition) is 0. The van der Waals surface area contributed by atoms with Crippen LogP contribution >= 0.6 is 11.6 Å². The fraction of sp³-hybridized carbons (Fsp3) is 0.545. The normalized spacial score (nSPS) is 15.1. The van der Waals surface area contributed by atoms with Crippen molar-refractivity contribution < 1.29 is 4.74 Å². The molecule has 2 unspecified atom stereocenters. The third-order valence-electron chi connectivity index (χ3n) is 2.29. The number of nitrogens with zero attached hydrogens (tertiary/aromatic N) is 1. The number of rotatable bonds is 5. The summed E-state index contributed by atoms with van der Waals surface area (Å²) >= 11 is 6.22. The lowest BCUT2D eigenvalue weighted by molar-refractivity contribution is 0.192. The smallest absolute Gasteiger partial charge is 0.0476 e. The molecular weight excluding hydrogens is 198 g/mol. The molecule has 1 aromatic heterocycles. The molecule has 14 heavy (non-hydrogen) atoms. The first-order valence-electron chi connectivity index (χ1n) is 4.79. The monoisotopic (exact) mass is 213 g/mol. The van der Waals surface area contributed by atoms with Gasteiger partial charge in [-0.25, -0.2) is 0 Å². The second kappa shape index (κ2) is 5.99. The van der Waals surface area contributed by atoms with Crippen LogP contribution in [0.4, 0.5) is 0 Å². The van der Waals surface area contributed by atoms with Crippen molar-refractivity contribution in [1.82, 2.24) is 4.98 Å². The molecule has 1 heterocycles. The van der Waals surface area contributed by atoms with Gasteiger partial charge < -0.3 is 4.74 Å². The Kier molecular flexibility index (Phi) is 4.91. The number of methoxy groups -OCH3 is 1. The summed E-state index contributed by atoms with van der Waals surface area (Å²) in [7, 11) is 1.69. The van der Waals surface area contributed by atoms with Crippen molar-refractivity contribution in [2.24, 2.45) is 0 Å². The Labute approximate surface area is 90.3 Å². The Balaban J connectivity index is 2.52. The van der Waals surface area contributed by atoms with Crippen LogP contribution < -0.4 is 0 Å². The summed E-state index contributed by atoms with van der Waals surface area (Å²) < 4.78 is 4.99. The van der Waals surface area contributed by atoms with Crippen LogP contribution in [0.2, 0.25) is 0 Å². The molecule has 0 aliphatic heterocycles. The van der Waals surface area contributed by atoms with E-state index in [2.05, 4.69) is 11.9 Å². The molecule has 2 nitrogen and oxygen atoms in total. The van der Waals surface area contributed by atoms with E-state index in [-0.39, 0.29) is 11.3 Å². The second-order valence-corrected chi connectivity index (χ2v) is 3.90. The predicted octanol–water partition coefficient (Wildman–Crippen LogP) is 2.83. The first-order chi connectivity index (χ1) is 6.75. The maximum Gasteiger partial charge on any atom is 0.0476 e. The number of aromatic nitrogens is 1. The summed E-state index contributed by atoms with van der Waals surface area (Å²) in [5.74, 6) is 0.271. The van der Waals surface area contributed by atoms with Crippen molar-refractivity contribution in [3.63, 3.8) is 0 Å². The van der Waals surface area contributed by atoms with Gasteiger partial charge in [-0.1, -0.05) is 13.0 Å². The van der Waals surface area contributed by atoms with Gasteiger partial charge in [-0.3, -0.25) is 4.98 Å². The zero-order chi connectivity index (χ0) is 10.4. The van der Waals surface area contributed by atoms with E-state index in [4.69, 9.17) is 16.3 Å². The molecule has 0 aromatic carbocycles. The zero-order valence-corrected chi connectivity index (χ0v) is 9.37. The molecule has 0 saturated heterocycles. The average Bonchev–Trinajstić information content (AvgIpc) is 2.26. The number of pyridine rings is 1. The summed E-state index contributed by atoms with van der Waals surface area (Å²) in [6, 6.07) is 5.90. The lowest BCUT2D eigenvalue weighted by atomic mass is 10.0. The van der Waals surface area contributed by atoms with E-state index in [1.54, 1.807) is 13.3 Å². The largest absolute Gasteiger partial charge is 0.385 e. The van der Waals surface area contributed by atoms with E-state index in [0.29, 0.717) is 6.61 Å². The molecule has 0 bridgehead atoms. The van der Waals surface area contributed by atoms with Crippen molar-refractivity contribution in [2.75, 3.05) is 13.7 Å². The molecule has 0 amide bonds. The Bertz CT molecular complexity index is 253. The fourth-order valence-electron chi connectivity index (χ4n) is 1.31. The van der Waals surface area contributed by atoms with Gasteiger partial charge >= 0.3 is 0 Å².